The molecule has 0 aromatic heterocycles. The van der Waals surface area contributed by atoms with Crippen molar-refractivity contribution >= 4 is 0 Å². The summed E-state index contributed by atoms with van der Waals surface area (Å²) in [5.74, 6) is 3.77. The van der Waals surface area contributed by atoms with Gasteiger partial charge in [-0.2, -0.15) is 0 Å². The van der Waals surface area contributed by atoms with Crippen molar-refractivity contribution in [3.05, 3.63) is 29.8 Å². The van der Waals surface area contributed by atoms with E-state index in [1.54, 1.807) is 7.11 Å². The first-order valence-electron chi connectivity index (χ1n) is 7.59. The standard InChI is InChI=1S/C18H27NO3/c1-5-9-22-14-17(20)13-19(11-15(2)3)12-16-7-6-8-18(10-16)21-4/h1,6-8,10,15,17,20H,9,11-14H2,2-4H3. The van der Waals surface area contributed by atoms with E-state index in [1.165, 1.54) is 0 Å². The van der Waals surface area contributed by atoms with Crippen LogP contribution in [0.4, 0.5) is 0 Å². The molecular formula is C18H27NO3. The predicted octanol–water partition coefficient (Wildman–Crippen LogP) is 2.16. The number of aliphatic hydroxyl groups is 1. The van der Waals surface area contributed by atoms with Gasteiger partial charge in [0.1, 0.15) is 12.4 Å². The van der Waals surface area contributed by atoms with E-state index in [1.807, 2.05) is 18.2 Å². The third-order valence-corrected chi connectivity index (χ3v) is 3.13. The molecule has 0 aliphatic rings. The molecule has 0 fully saturated rings. The molecule has 1 aromatic rings. The van der Waals surface area contributed by atoms with Crippen molar-refractivity contribution in [3.63, 3.8) is 0 Å². The van der Waals surface area contributed by atoms with E-state index in [2.05, 4.69) is 30.7 Å². The summed E-state index contributed by atoms with van der Waals surface area (Å²) < 4.78 is 10.5. The molecule has 122 valence electrons. The molecule has 1 unspecified atom stereocenters. The quantitative estimate of drug-likeness (QED) is 0.531. The zero-order valence-corrected chi connectivity index (χ0v) is 13.8. The molecule has 0 aliphatic carbocycles. The van der Waals surface area contributed by atoms with Gasteiger partial charge in [-0.25, -0.2) is 0 Å². The van der Waals surface area contributed by atoms with Gasteiger partial charge in [0.15, 0.2) is 0 Å². The molecule has 0 bridgehead atoms. The van der Waals surface area contributed by atoms with Crippen LogP contribution >= 0.6 is 0 Å². The number of hydrogen-bond donors (Lipinski definition) is 1. The third-order valence-electron chi connectivity index (χ3n) is 3.13. The number of methoxy groups -OCH3 is 1. The number of nitrogens with zero attached hydrogens (tertiary/aromatic N) is 1. The Morgan fingerprint density at radius 2 is 2.09 bits per heavy atom. The first kappa shape index (κ1) is 18.5. The molecule has 0 saturated carbocycles. The lowest BCUT2D eigenvalue weighted by Gasteiger charge is -2.26. The van der Waals surface area contributed by atoms with Gasteiger partial charge in [0.05, 0.1) is 19.8 Å². The fraction of sp³-hybridized carbons (Fsp3) is 0.556. The van der Waals surface area contributed by atoms with Crippen molar-refractivity contribution < 1.29 is 14.6 Å². The van der Waals surface area contributed by atoms with Gasteiger partial charge in [-0.15, -0.1) is 6.42 Å². The highest BCUT2D eigenvalue weighted by Gasteiger charge is 2.14. The van der Waals surface area contributed by atoms with Gasteiger partial charge in [0, 0.05) is 19.6 Å². The number of aliphatic hydroxyl groups excluding tert-OH is 1. The van der Waals surface area contributed by atoms with E-state index in [0.29, 0.717) is 12.5 Å². The minimum absolute atomic E-state index is 0.233. The van der Waals surface area contributed by atoms with Gasteiger partial charge in [-0.1, -0.05) is 31.9 Å². The van der Waals surface area contributed by atoms with Crippen molar-refractivity contribution in [2.75, 3.05) is 33.4 Å². The van der Waals surface area contributed by atoms with Crippen molar-refractivity contribution in [1.82, 2.24) is 4.90 Å². The van der Waals surface area contributed by atoms with Crippen LogP contribution in [0.25, 0.3) is 0 Å². The molecule has 0 spiro atoms. The third kappa shape index (κ3) is 7.46. The lowest BCUT2D eigenvalue weighted by molar-refractivity contribution is 0.0238. The lowest BCUT2D eigenvalue weighted by atomic mass is 10.1. The second-order valence-corrected chi connectivity index (χ2v) is 5.81. The van der Waals surface area contributed by atoms with Crippen molar-refractivity contribution in [3.8, 4) is 18.1 Å². The molecule has 22 heavy (non-hydrogen) atoms. The van der Waals surface area contributed by atoms with Gasteiger partial charge >= 0.3 is 0 Å². The summed E-state index contributed by atoms with van der Waals surface area (Å²) in [5, 5.41) is 10.1. The first-order valence-corrected chi connectivity index (χ1v) is 7.59. The highest BCUT2D eigenvalue weighted by atomic mass is 16.5. The van der Waals surface area contributed by atoms with Crippen molar-refractivity contribution in [2.24, 2.45) is 5.92 Å². The predicted molar refractivity (Wildman–Crippen MR) is 88.8 cm³/mol. The van der Waals surface area contributed by atoms with Crippen LogP contribution < -0.4 is 4.74 Å². The van der Waals surface area contributed by atoms with Gasteiger partial charge in [-0.3, -0.25) is 4.90 Å². The molecule has 0 heterocycles. The second kappa shape index (κ2) is 10.2. The van der Waals surface area contributed by atoms with Crippen molar-refractivity contribution in [1.29, 1.82) is 0 Å². The Morgan fingerprint density at radius 1 is 1.32 bits per heavy atom. The molecule has 4 nitrogen and oxygen atoms in total. The molecule has 0 saturated heterocycles. The van der Waals surface area contributed by atoms with Gasteiger partial charge < -0.3 is 14.6 Å². The smallest absolute Gasteiger partial charge is 0.119 e. The fourth-order valence-corrected chi connectivity index (χ4v) is 2.35. The molecule has 1 atom stereocenters. The summed E-state index contributed by atoms with van der Waals surface area (Å²) in [5.41, 5.74) is 1.16. The Balaban J connectivity index is 2.61. The summed E-state index contributed by atoms with van der Waals surface area (Å²) in [7, 11) is 1.66. The summed E-state index contributed by atoms with van der Waals surface area (Å²) in [6.07, 6.45) is 4.59. The summed E-state index contributed by atoms with van der Waals surface area (Å²) in [4.78, 5) is 2.23. The number of hydrogen-bond acceptors (Lipinski definition) is 4. The molecule has 1 rings (SSSR count). The Labute approximate surface area is 134 Å². The molecule has 0 aliphatic heterocycles. The van der Waals surface area contributed by atoms with Crippen LogP contribution in [0.5, 0.6) is 5.75 Å². The number of rotatable bonds is 10. The maximum absolute atomic E-state index is 10.1. The highest BCUT2D eigenvalue weighted by molar-refractivity contribution is 5.28. The van der Waals surface area contributed by atoms with Crippen LogP contribution in [0.1, 0.15) is 19.4 Å². The Bertz CT molecular complexity index is 468. The van der Waals surface area contributed by atoms with Crippen LogP contribution in [0.2, 0.25) is 0 Å². The normalized spacial score (nSPS) is 12.4. The van der Waals surface area contributed by atoms with Gasteiger partial charge in [0.2, 0.25) is 0 Å². The highest BCUT2D eigenvalue weighted by Crippen LogP contribution is 2.15. The van der Waals surface area contributed by atoms with Crippen molar-refractivity contribution in [2.45, 2.75) is 26.5 Å². The summed E-state index contributed by atoms with van der Waals surface area (Å²) in [6.45, 7) is 7.05. The number of ether oxygens (including phenoxy) is 2. The minimum atomic E-state index is -0.544. The van der Waals surface area contributed by atoms with E-state index in [-0.39, 0.29) is 13.2 Å². The first-order chi connectivity index (χ1) is 10.5. The minimum Gasteiger partial charge on any atom is -0.497 e. The monoisotopic (exact) mass is 305 g/mol. The topological polar surface area (TPSA) is 41.9 Å². The van der Waals surface area contributed by atoms with E-state index < -0.39 is 6.10 Å². The number of benzene rings is 1. The summed E-state index contributed by atoms with van der Waals surface area (Å²) in [6, 6.07) is 8.00. The van der Waals surface area contributed by atoms with E-state index in [0.717, 1.165) is 24.4 Å². The average molecular weight is 305 g/mol. The van der Waals surface area contributed by atoms with E-state index in [9.17, 15) is 5.11 Å². The van der Waals surface area contributed by atoms with E-state index in [4.69, 9.17) is 15.9 Å². The van der Waals surface area contributed by atoms with Crippen LogP contribution in [0.3, 0.4) is 0 Å². The Kier molecular flexibility index (Phi) is 8.61. The van der Waals surface area contributed by atoms with Crippen LogP contribution in [-0.4, -0.2) is 49.5 Å². The molecule has 0 amide bonds. The fourth-order valence-electron chi connectivity index (χ4n) is 2.35. The Morgan fingerprint density at radius 3 is 2.73 bits per heavy atom. The average Bonchev–Trinajstić information content (AvgIpc) is 2.47. The maximum atomic E-state index is 10.1. The zero-order chi connectivity index (χ0) is 16.4. The molecule has 1 N–H and O–H groups in total. The molecular weight excluding hydrogens is 278 g/mol. The second-order valence-electron chi connectivity index (χ2n) is 5.81. The molecule has 4 heteroatoms. The van der Waals surface area contributed by atoms with Crippen LogP contribution in [-0.2, 0) is 11.3 Å². The summed E-state index contributed by atoms with van der Waals surface area (Å²) >= 11 is 0. The molecule has 1 aromatic carbocycles. The lowest BCUT2D eigenvalue weighted by Crippen LogP contribution is -2.36. The number of terminal acetylenes is 1. The largest absolute Gasteiger partial charge is 0.497 e. The Hall–Kier alpha value is -1.54. The van der Waals surface area contributed by atoms with Gasteiger partial charge in [0.25, 0.3) is 0 Å². The zero-order valence-electron chi connectivity index (χ0n) is 13.8. The maximum Gasteiger partial charge on any atom is 0.119 e. The SMILES string of the molecule is C#CCOCC(O)CN(Cc1cccc(OC)c1)CC(C)C. The van der Waals surface area contributed by atoms with E-state index >= 15 is 0 Å². The van der Waals surface area contributed by atoms with Crippen LogP contribution in [0, 0.1) is 18.3 Å². The van der Waals surface area contributed by atoms with Crippen LogP contribution in [0.15, 0.2) is 24.3 Å². The van der Waals surface area contributed by atoms with Gasteiger partial charge in [-0.05, 0) is 23.6 Å². The molecule has 0 radical (unpaired) electrons.